The number of rotatable bonds is 3. The first-order valence-corrected chi connectivity index (χ1v) is 6.05. The van der Waals surface area contributed by atoms with Crippen LogP contribution >= 0.6 is 0 Å². The number of benzene rings is 1. The van der Waals surface area contributed by atoms with Crippen molar-refractivity contribution in [3.8, 4) is 0 Å². The van der Waals surface area contributed by atoms with Crippen molar-refractivity contribution in [1.29, 1.82) is 0 Å². The van der Waals surface area contributed by atoms with E-state index in [1.165, 1.54) is 0 Å². The maximum atomic E-state index is 12.4. The summed E-state index contributed by atoms with van der Waals surface area (Å²) in [6, 6.07) is 11.1. The molecular weight excluding hydrogens is 236 g/mol. The molecule has 0 atom stereocenters. The van der Waals surface area contributed by atoms with E-state index in [1.807, 2.05) is 31.2 Å². The van der Waals surface area contributed by atoms with Gasteiger partial charge in [0, 0.05) is 18.8 Å². The molecule has 2 rings (SSSR count). The maximum absolute atomic E-state index is 12.4. The number of carbonyl (C=O) groups is 1. The van der Waals surface area contributed by atoms with Crippen LogP contribution in [0, 0.1) is 6.92 Å². The first kappa shape index (κ1) is 13.0. The highest BCUT2D eigenvalue weighted by atomic mass is 16.2. The second-order valence-corrected chi connectivity index (χ2v) is 4.33. The van der Waals surface area contributed by atoms with Crippen molar-refractivity contribution in [2.24, 2.45) is 0 Å². The molecule has 0 aliphatic heterocycles. The van der Waals surface area contributed by atoms with E-state index in [4.69, 9.17) is 0 Å². The molecule has 19 heavy (non-hydrogen) atoms. The summed E-state index contributed by atoms with van der Waals surface area (Å²) in [6.45, 7) is 5.63. The zero-order valence-electron chi connectivity index (χ0n) is 11.1. The minimum Gasteiger partial charge on any atom is -0.296 e. The standard InChI is InChI=1S/C16H16N2O/c1-4-13-7-9-14(10-8-13)16(19)18(3)15-12(2)6-5-11-17-15/h4-11H,1H2,2-3H3. The molecule has 0 spiro atoms. The molecule has 0 N–H and O–H groups in total. The molecule has 1 aromatic heterocycles. The number of carbonyl (C=O) groups excluding carboxylic acids is 1. The van der Waals surface area contributed by atoms with Crippen LogP contribution in [0.15, 0.2) is 49.2 Å². The zero-order valence-corrected chi connectivity index (χ0v) is 11.1. The lowest BCUT2D eigenvalue weighted by Gasteiger charge is -2.18. The number of amides is 1. The molecular formula is C16H16N2O. The summed E-state index contributed by atoms with van der Waals surface area (Å²) in [5.74, 6) is 0.609. The molecule has 0 saturated heterocycles. The van der Waals surface area contributed by atoms with Crippen LogP contribution in [-0.4, -0.2) is 17.9 Å². The van der Waals surface area contributed by atoms with Crippen molar-refractivity contribution < 1.29 is 4.79 Å². The fourth-order valence-corrected chi connectivity index (χ4v) is 1.88. The molecule has 0 radical (unpaired) electrons. The molecule has 0 unspecified atom stereocenters. The van der Waals surface area contributed by atoms with Gasteiger partial charge in [0.2, 0.25) is 0 Å². The molecule has 1 heterocycles. The first-order valence-electron chi connectivity index (χ1n) is 6.05. The van der Waals surface area contributed by atoms with Crippen LogP contribution in [0.3, 0.4) is 0 Å². The summed E-state index contributed by atoms with van der Waals surface area (Å²) in [4.78, 5) is 18.2. The Labute approximate surface area is 113 Å². The van der Waals surface area contributed by atoms with Gasteiger partial charge in [-0.3, -0.25) is 9.69 Å². The van der Waals surface area contributed by atoms with Crippen LogP contribution in [0.1, 0.15) is 21.5 Å². The van der Waals surface area contributed by atoms with Gasteiger partial charge in [0.15, 0.2) is 0 Å². The summed E-state index contributed by atoms with van der Waals surface area (Å²) < 4.78 is 0. The van der Waals surface area contributed by atoms with Gasteiger partial charge >= 0.3 is 0 Å². The van der Waals surface area contributed by atoms with Crippen molar-refractivity contribution >= 4 is 17.8 Å². The zero-order chi connectivity index (χ0) is 13.8. The Morgan fingerprint density at radius 2 is 1.95 bits per heavy atom. The molecule has 0 aliphatic rings. The van der Waals surface area contributed by atoms with E-state index < -0.39 is 0 Å². The van der Waals surface area contributed by atoms with E-state index in [0.717, 1.165) is 11.1 Å². The number of anilines is 1. The predicted molar refractivity (Wildman–Crippen MR) is 78.2 cm³/mol. The highest BCUT2D eigenvalue weighted by molar-refractivity contribution is 6.05. The Bertz CT molecular complexity index is 602. The minimum atomic E-state index is -0.0718. The molecule has 3 heteroatoms. The Balaban J connectivity index is 2.28. The van der Waals surface area contributed by atoms with E-state index in [0.29, 0.717) is 11.4 Å². The summed E-state index contributed by atoms with van der Waals surface area (Å²) >= 11 is 0. The Kier molecular flexibility index (Phi) is 3.76. The summed E-state index contributed by atoms with van der Waals surface area (Å²) in [5.41, 5.74) is 2.60. The van der Waals surface area contributed by atoms with Gasteiger partial charge in [-0.2, -0.15) is 0 Å². The Morgan fingerprint density at radius 3 is 2.53 bits per heavy atom. The molecule has 0 fully saturated rings. The minimum absolute atomic E-state index is 0.0718. The van der Waals surface area contributed by atoms with Gasteiger partial charge in [-0.1, -0.05) is 30.9 Å². The number of hydrogen-bond donors (Lipinski definition) is 0. The smallest absolute Gasteiger partial charge is 0.259 e. The molecule has 0 bridgehead atoms. The fourth-order valence-electron chi connectivity index (χ4n) is 1.88. The average molecular weight is 252 g/mol. The van der Waals surface area contributed by atoms with Crippen molar-refractivity contribution in [3.05, 3.63) is 65.9 Å². The second kappa shape index (κ2) is 5.48. The van der Waals surface area contributed by atoms with Crippen LogP contribution in [0.4, 0.5) is 5.82 Å². The highest BCUT2D eigenvalue weighted by Gasteiger charge is 2.15. The first-order chi connectivity index (χ1) is 9.13. The number of aryl methyl sites for hydroxylation is 1. The summed E-state index contributed by atoms with van der Waals surface area (Å²) in [6.07, 6.45) is 3.44. The third-order valence-electron chi connectivity index (χ3n) is 3.00. The van der Waals surface area contributed by atoms with Crippen LogP contribution in [0.5, 0.6) is 0 Å². The van der Waals surface area contributed by atoms with E-state index >= 15 is 0 Å². The molecule has 1 amide bonds. The lowest BCUT2D eigenvalue weighted by atomic mass is 10.1. The third kappa shape index (κ3) is 2.71. The quantitative estimate of drug-likeness (QED) is 0.839. The number of aromatic nitrogens is 1. The highest BCUT2D eigenvalue weighted by Crippen LogP contribution is 2.17. The summed E-state index contributed by atoms with van der Waals surface area (Å²) in [7, 11) is 1.74. The van der Waals surface area contributed by atoms with E-state index in [-0.39, 0.29) is 5.91 Å². The van der Waals surface area contributed by atoms with Crippen LogP contribution < -0.4 is 4.90 Å². The molecule has 0 aliphatic carbocycles. The van der Waals surface area contributed by atoms with E-state index in [1.54, 1.807) is 36.4 Å². The van der Waals surface area contributed by atoms with Crippen LogP contribution in [0.25, 0.3) is 6.08 Å². The van der Waals surface area contributed by atoms with Gasteiger partial charge in [-0.15, -0.1) is 0 Å². The van der Waals surface area contributed by atoms with Crippen molar-refractivity contribution in [3.63, 3.8) is 0 Å². The Morgan fingerprint density at radius 1 is 1.26 bits per heavy atom. The van der Waals surface area contributed by atoms with Crippen molar-refractivity contribution in [1.82, 2.24) is 4.98 Å². The molecule has 96 valence electrons. The predicted octanol–water partition coefficient (Wildman–Crippen LogP) is 3.31. The topological polar surface area (TPSA) is 33.2 Å². The van der Waals surface area contributed by atoms with E-state index in [2.05, 4.69) is 11.6 Å². The van der Waals surface area contributed by atoms with Crippen LogP contribution in [0.2, 0.25) is 0 Å². The molecule has 0 saturated carbocycles. The molecule has 1 aromatic carbocycles. The van der Waals surface area contributed by atoms with Gasteiger partial charge in [0.1, 0.15) is 5.82 Å². The Hall–Kier alpha value is -2.42. The van der Waals surface area contributed by atoms with E-state index in [9.17, 15) is 4.79 Å². The maximum Gasteiger partial charge on any atom is 0.259 e. The molecule has 2 aromatic rings. The summed E-state index contributed by atoms with van der Waals surface area (Å²) in [5, 5.41) is 0. The lowest BCUT2D eigenvalue weighted by Crippen LogP contribution is -2.27. The second-order valence-electron chi connectivity index (χ2n) is 4.33. The normalized spacial score (nSPS) is 10.0. The lowest BCUT2D eigenvalue weighted by molar-refractivity contribution is 0.0992. The number of nitrogens with zero attached hydrogens (tertiary/aromatic N) is 2. The monoisotopic (exact) mass is 252 g/mol. The van der Waals surface area contributed by atoms with Gasteiger partial charge in [0.25, 0.3) is 5.91 Å². The molecule has 3 nitrogen and oxygen atoms in total. The average Bonchev–Trinajstić information content (AvgIpc) is 2.46. The van der Waals surface area contributed by atoms with Gasteiger partial charge < -0.3 is 0 Å². The third-order valence-corrected chi connectivity index (χ3v) is 3.00. The van der Waals surface area contributed by atoms with Gasteiger partial charge in [-0.25, -0.2) is 4.98 Å². The number of pyridine rings is 1. The SMILES string of the molecule is C=Cc1ccc(C(=O)N(C)c2ncccc2C)cc1. The van der Waals surface area contributed by atoms with Crippen molar-refractivity contribution in [2.45, 2.75) is 6.92 Å². The van der Waals surface area contributed by atoms with Gasteiger partial charge in [0.05, 0.1) is 0 Å². The van der Waals surface area contributed by atoms with Gasteiger partial charge in [-0.05, 0) is 36.2 Å². The fraction of sp³-hybridized carbons (Fsp3) is 0.125. The van der Waals surface area contributed by atoms with Crippen molar-refractivity contribution in [2.75, 3.05) is 11.9 Å². The largest absolute Gasteiger partial charge is 0.296 e. The van der Waals surface area contributed by atoms with Crippen LogP contribution in [-0.2, 0) is 0 Å². The number of hydrogen-bond acceptors (Lipinski definition) is 2.